The molecule has 156 valence electrons. The predicted octanol–water partition coefficient (Wildman–Crippen LogP) is 4.35. The van der Waals surface area contributed by atoms with Crippen LogP contribution in [0.1, 0.15) is 22.3 Å². The normalized spacial score (nSPS) is 15.1. The second-order valence-electron chi connectivity index (χ2n) is 7.58. The summed E-state index contributed by atoms with van der Waals surface area (Å²) in [5, 5.41) is 2.40. The van der Waals surface area contributed by atoms with Gasteiger partial charge in [-0.2, -0.15) is 0 Å². The van der Waals surface area contributed by atoms with Crippen LogP contribution in [0.4, 0.5) is 16.2 Å². The van der Waals surface area contributed by atoms with Crippen molar-refractivity contribution in [3.63, 3.8) is 0 Å². The fourth-order valence-electron chi connectivity index (χ4n) is 3.36. The van der Waals surface area contributed by atoms with Gasteiger partial charge in [0, 0.05) is 25.5 Å². The molecule has 0 unspecified atom stereocenters. The minimum Gasteiger partial charge on any atom is -0.378 e. The van der Waals surface area contributed by atoms with Gasteiger partial charge in [-0.15, -0.1) is 0 Å². The van der Waals surface area contributed by atoms with Gasteiger partial charge in [0.05, 0.1) is 4.91 Å². The first-order chi connectivity index (χ1) is 14.2. The molecule has 2 aromatic rings. The molecular formula is C23H25N3O3S. The highest BCUT2D eigenvalue weighted by Crippen LogP contribution is 2.32. The summed E-state index contributed by atoms with van der Waals surface area (Å²) in [5.74, 6) is -0.849. The Hall–Kier alpha value is -3.06. The maximum absolute atomic E-state index is 12.7. The van der Waals surface area contributed by atoms with Gasteiger partial charge in [-0.25, -0.2) is 0 Å². The highest BCUT2D eigenvalue weighted by Gasteiger charge is 2.36. The zero-order chi connectivity index (χ0) is 22.0. The van der Waals surface area contributed by atoms with E-state index in [9.17, 15) is 14.4 Å². The Morgan fingerprint density at radius 3 is 2.23 bits per heavy atom. The SMILES string of the molecule is Cc1cc(C)c(NC(=O)CN2C(=O)S/C(=C/c3ccc(N(C)C)cc3)C2=O)c(C)c1. The van der Waals surface area contributed by atoms with Gasteiger partial charge in [-0.1, -0.05) is 29.8 Å². The van der Waals surface area contributed by atoms with Crippen molar-refractivity contribution in [1.82, 2.24) is 4.90 Å². The van der Waals surface area contributed by atoms with Crippen LogP contribution in [0.5, 0.6) is 0 Å². The maximum Gasteiger partial charge on any atom is 0.294 e. The van der Waals surface area contributed by atoms with Gasteiger partial charge < -0.3 is 10.2 Å². The lowest BCUT2D eigenvalue weighted by Gasteiger charge is -2.16. The summed E-state index contributed by atoms with van der Waals surface area (Å²) >= 11 is 0.852. The number of thioether (sulfide) groups is 1. The molecule has 0 radical (unpaired) electrons. The van der Waals surface area contributed by atoms with Crippen molar-refractivity contribution < 1.29 is 14.4 Å². The first kappa shape index (κ1) is 21.6. The van der Waals surface area contributed by atoms with Crippen LogP contribution in [0, 0.1) is 20.8 Å². The lowest BCUT2D eigenvalue weighted by molar-refractivity contribution is -0.127. The number of rotatable bonds is 5. The molecule has 1 N–H and O–H groups in total. The van der Waals surface area contributed by atoms with Crippen LogP contribution < -0.4 is 10.2 Å². The molecule has 0 bridgehead atoms. The number of carbonyl (C=O) groups is 3. The van der Waals surface area contributed by atoms with Gasteiger partial charge in [-0.3, -0.25) is 19.3 Å². The fourth-order valence-corrected chi connectivity index (χ4v) is 4.19. The van der Waals surface area contributed by atoms with Gasteiger partial charge in [0.25, 0.3) is 11.1 Å². The molecule has 0 aromatic heterocycles. The largest absolute Gasteiger partial charge is 0.378 e. The van der Waals surface area contributed by atoms with Crippen molar-refractivity contribution in [2.45, 2.75) is 20.8 Å². The van der Waals surface area contributed by atoms with Gasteiger partial charge in [0.15, 0.2) is 0 Å². The quantitative estimate of drug-likeness (QED) is 0.724. The summed E-state index contributed by atoms with van der Waals surface area (Å²) in [6.07, 6.45) is 1.68. The van der Waals surface area contributed by atoms with Crippen LogP contribution in [0.25, 0.3) is 6.08 Å². The number of amides is 3. The number of aryl methyl sites for hydroxylation is 3. The third kappa shape index (κ3) is 4.74. The summed E-state index contributed by atoms with van der Waals surface area (Å²) in [6.45, 7) is 5.51. The number of hydrogen-bond donors (Lipinski definition) is 1. The van der Waals surface area contributed by atoms with E-state index in [4.69, 9.17) is 0 Å². The number of nitrogens with one attached hydrogen (secondary N) is 1. The van der Waals surface area contributed by atoms with Crippen LogP contribution in [0.2, 0.25) is 0 Å². The number of carbonyl (C=O) groups excluding carboxylic acids is 3. The third-order valence-electron chi connectivity index (χ3n) is 4.82. The molecule has 0 spiro atoms. The highest BCUT2D eigenvalue weighted by atomic mass is 32.2. The Bertz CT molecular complexity index is 1020. The molecule has 7 heteroatoms. The van der Waals surface area contributed by atoms with E-state index in [0.717, 1.165) is 44.6 Å². The van der Waals surface area contributed by atoms with Crippen molar-refractivity contribution in [3.05, 3.63) is 63.6 Å². The van der Waals surface area contributed by atoms with E-state index in [1.54, 1.807) is 6.08 Å². The first-order valence-corrected chi connectivity index (χ1v) is 10.4. The lowest BCUT2D eigenvalue weighted by atomic mass is 10.1. The van der Waals surface area contributed by atoms with Crippen molar-refractivity contribution >= 4 is 46.3 Å². The highest BCUT2D eigenvalue weighted by molar-refractivity contribution is 8.18. The molecule has 3 rings (SSSR count). The van der Waals surface area contributed by atoms with Crippen LogP contribution >= 0.6 is 11.8 Å². The first-order valence-electron chi connectivity index (χ1n) is 9.56. The van der Waals surface area contributed by atoms with Crippen LogP contribution in [0.3, 0.4) is 0 Å². The Kier molecular flexibility index (Phi) is 6.31. The summed E-state index contributed by atoms with van der Waals surface area (Å²) in [5.41, 5.74) is 5.57. The minimum atomic E-state index is -0.450. The second kappa shape index (κ2) is 8.75. The number of hydrogen-bond acceptors (Lipinski definition) is 5. The Balaban J connectivity index is 1.71. The standard InChI is InChI=1S/C23H25N3O3S/c1-14-10-15(2)21(16(3)11-14)24-20(27)13-26-22(28)19(30-23(26)29)12-17-6-8-18(9-7-17)25(4)5/h6-12H,13H2,1-5H3,(H,24,27)/b19-12+. The van der Waals surface area contributed by atoms with Crippen molar-refractivity contribution in [2.75, 3.05) is 30.9 Å². The maximum atomic E-state index is 12.7. The fraction of sp³-hybridized carbons (Fsp3) is 0.261. The Labute approximate surface area is 180 Å². The number of nitrogens with zero attached hydrogens (tertiary/aromatic N) is 2. The number of anilines is 2. The topological polar surface area (TPSA) is 69.7 Å². The number of benzene rings is 2. The van der Waals surface area contributed by atoms with Crippen LogP contribution in [0.15, 0.2) is 41.3 Å². The Morgan fingerprint density at radius 2 is 1.67 bits per heavy atom. The van der Waals surface area contributed by atoms with E-state index in [0.29, 0.717) is 10.6 Å². The summed E-state index contributed by atoms with van der Waals surface area (Å²) in [7, 11) is 3.90. The molecule has 1 saturated heterocycles. The van der Waals surface area contributed by atoms with Gasteiger partial charge >= 0.3 is 0 Å². The molecule has 30 heavy (non-hydrogen) atoms. The molecule has 3 amide bonds. The molecule has 1 aliphatic rings. The average Bonchev–Trinajstić information content (AvgIpc) is 2.92. The smallest absolute Gasteiger partial charge is 0.294 e. The average molecular weight is 424 g/mol. The molecule has 2 aromatic carbocycles. The zero-order valence-corrected chi connectivity index (χ0v) is 18.6. The van der Waals surface area contributed by atoms with E-state index < -0.39 is 17.1 Å². The van der Waals surface area contributed by atoms with Crippen LogP contribution in [-0.2, 0) is 9.59 Å². The van der Waals surface area contributed by atoms with E-state index in [1.807, 2.05) is 76.2 Å². The van der Waals surface area contributed by atoms with Crippen molar-refractivity contribution in [1.29, 1.82) is 0 Å². The summed E-state index contributed by atoms with van der Waals surface area (Å²) < 4.78 is 0. The molecule has 0 atom stereocenters. The van der Waals surface area contributed by atoms with Crippen molar-refractivity contribution in [2.24, 2.45) is 0 Å². The summed E-state index contributed by atoms with van der Waals surface area (Å²) in [4.78, 5) is 40.8. The van der Waals surface area contributed by atoms with Gasteiger partial charge in [0.1, 0.15) is 6.54 Å². The Morgan fingerprint density at radius 1 is 1.07 bits per heavy atom. The van der Waals surface area contributed by atoms with E-state index in [1.165, 1.54) is 0 Å². The molecule has 1 aliphatic heterocycles. The molecule has 6 nitrogen and oxygen atoms in total. The molecule has 0 saturated carbocycles. The van der Waals surface area contributed by atoms with E-state index >= 15 is 0 Å². The predicted molar refractivity (Wildman–Crippen MR) is 123 cm³/mol. The third-order valence-corrected chi connectivity index (χ3v) is 5.73. The monoisotopic (exact) mass is 423 g/mol. The summed E-state index contributed by atoms with van der Waals surface area (Å²) in [6, 6.07) is 11.6. The number of imide groups is 1. The molecule has 1 heterocycles. The molecular weight excluding hydrogens is 398 g/mol. The van der Waals surface area contributed by atoms with E-state index in [2.05, 4.69) is 5.32 Å². The van der Waals surface area contributed by atoms with E-state index in [-0.39, 0.29) is 6.54 Å². The van der Waals surface area contributed by atoms with Crippen molar-refractivity contribution in [3.8, 4) is 0 Å². The van der Waals surface area contributed by atoms with Crippen LogP contribution in [-0.4, -0.2) is 42.6 Å². The zero-order valence-electron chi connectivity index (χ0n) is 17.8. The van der Waals surface area contributed by atoms with Gasteiger partial charge in [-0.05, 0) is 67.4 Å². The van der Waals surface area contributed by atoms with Gasteiger partial charge in [0.2, 0.25) is 5.91 Å². The second-order valence-corrected chi connectivity index (χ2v) is 8.57. The minimum absolute atomic E-state index is 0.311. The lowest BCUT2D eigenvalue weighted by Crippen LogP contribution is -2.36. The molecule has 1 fully saturated rings. The molecule has 0 aliphatic carbocycles.